The molecule has 0 amide bonds. The maximum Gasteiger partial charge on any atom is 0.276 e. The molecule has 0 aromatic carbocycles. The molecule has 1 aliphatic rings. The van der Waals surface area contributed by atoms with Gasteiger partial charge in [-0.1, -0.05) is 6.92 Å². The van der Waals surface area contributed by atoms with Crippen LogP contribution in [-0.2, 0) is 4.74 Å². The molecule has 1 atom stereocenters. The molecule has 0 radical (unpaired) electrons. The first-order valence-electron chi connectivity index (χ1n) is 6.82. The van der Waals surface area contributed by atoms with Crippen LogP contribution < -0.4 is 10.2 Å². The smallest absolute Gasteiger partial charge is 0.276 e. The third-order valence-corrected chi connectivity index (χ3v) is 3.37. The quantitative estimate of drug-likeness (QED) is 0.634. The third-order valence-electron chi connectivity index (χ3n) is 3.37. The zero-order valence-corrected chi connectivity index (χ0v) is 11.8. The van der Waals surface area contributed by atoms with Crippen LogP contribution in [0.3, 0.4) is 0 Å². The minimum absolute atomic E-state index is 0.0643. The summed E-state index contributed by atoms with van der Waals surface area (Å²) in [4.78, 5) is 17.1. The lowest BCUT2D eigenvalue weighted by molar-refractivity contribution is -0.384. The zero-order chi connectivity index (χ0) is 14.5. The second-order valence-electron chi connectivity index (χ2n) is 4.85. The van der Waals surface area contributed by atoms with Gasteiger partial charge in [-0.3, -0.25) is 10.1 Å². The highest BCUT2D eigenvalue weighted by Gasteiger charge is 2.25. The van der Waals surface area contributed by atoms with E-state index in [-0.39, 0.29) is 16.7 Å². The summed E-state index contributed by atoms with van der Waals surface area (Å²) in [7, 11) is 1.68. The van der Waals surface area contributed by atoms with Crippen molar-refractivity contribution in [3.05, 3.63) is 22.2 Å². The number of hydrogen-bond donors (Lipinski definition) is 1. The van der Waals surface area contributed by atoms with Crippen LogP contribution in [0.25, 0.3) is 0 Å². The Bertz CT molecular complexity index is 481. The van der Waals surface area contributed by atoms with Crippen molar-refractivity contribution in [1.29, 1.82) is 0 Å². The SMILES string of the molecule is CCCNc1cc([N+](=O)[O-])cc(N2CCC(OC)C2)n1. The standard InChI is InChI=1S/C13H20N4O3/c1-3-5-14-12-7-10(17(18)19)8-13(15-12)16-6-4-11(9-16)20-2/h7-8,11H,3-6,9H2,1-2H3,(H,14,15). The van der Waals surface area contributed by atoms with Crippen LogP contribution in [0.5, 0.6) is 0 Å². The van der Waals surface area contributed by atoms with Gasteiger partial charge < -0.3 is 15.0 Å². The Kier molecular flexibility index (Phi) is 4.73. The van der Waals surface area contributed by atoms with Crippen molar-refractivity contribution in [2.75, 3.05) is 37.0 Å². The number of rotatable bonds is 6. The van der Waals surface area contributed by atoms with Gasteiger partial charge in [0.15, 0.2) is 0 Å². The summed E-state index contributed by atoms with van der Waals surface area (Å²) in [5.41, 5.74) is 0.0643. The van der Waals surface area contributed by atoms with E-state index in [1.807, 2.05) is 11.8 Å². The van der Waals surface area contributed by atoms with E-state index < -0.39 is 0 Å². The number of pyridine rings is 1. The number of aromatic nitrogens is 1. The lowest BCUT2D eigenvalue weighted by atomic mass is 10.3. The van der Waals surface area contributed by atoms with Gasteiger partial charge in [-0.15, -0.1) is 0 Å². The second kappa shape index (κ2) is 6.51. The van der Waals surface area contributed by atoms with E-state index in [1.54, 1.807) is 7.11 Å². The molecule has 2 heterocycles. The molecule has 7 heteroatoms. The predicted molar refractivity (Wildman–Crippen MR) is 77.3 cm³/mol. The van der Waals surface area contributed by atoms with Gasteiger partial charge in [0.1, 0.15) is 11.6 Å². The molecule has 0 bridgehead atoms. The largest absolute Gasteiger partial charge is 0.380 e. The van der Waals surface area contributed by atoms with Crippen LogP contribution in [0.2, 0.25) is 0 Å². The summed E-state index contributed by atoms with van der Waals surface area (Å²) < 4.78 is 5.32. The molecule has 1 aromatic rings. The molecular formula is C13H20N4O3. The Morgan fingerprint density at radius 3 is 3.00 bits per heavy atom. The van der Waals surface area contributed by atoms with Crippen LogP contribution in [0, 0.1) is 10.1 Å². The highest BCUT2D eigenvalue weighted by Crippen LogP contribution is 2.26. The summed E-state index contributed by atoms with van der Waals surface area (Å²) in [6.45, 7) is 4.31. The van der Waals surface area contributed by atoms with Gasteiger partial charge in [-0.25, -0.2) is 4.98 Å². The lowest BCUT2D eigenvalue weighted by Gasteiger charge is -2.18. The number of hydrogen-bond acceptors (Lipinski definition) is 6. The van der Waals surface area contributed by atoms with E-state index in [1.165, 1.54) is 12.1 Å². The first kappa shape index (κ1) is 14.5. The Labute approximate surface area is 118 Å². The minimum Gasteiger partial charge on any atom is -0.380 e. The Morgan fingerprint density at radius 2 is 2.40 bits per heavy atom. The van der Waals surface area contributed by atoms with Crippen LogP contribution in [0.1, 0.15) is 19.8 Å². The first-order chi connectivity index (χ1) is 9.63. The monoisotopic (exact) mass is 280 g/mol. The lowest BCUT2D eigenvalue weighted by Crippen LogP contribution is -2.23. The summed E-state index contributed by atoms with van der Waals surface area (Å²) in [5.74, 6) is 1.19. The molecule has 1 N–H and O–H groups in total. The molecule has 0 spiro atoms. The van der Waals surface area contributed by atoms with Gasteiger partial charge in [0, 0.05) is 26.7 Å². The number of anilines is 2. The number of ether oxygens (including phenoxy) is 1. The molecular weight excluding hydrogens is 260 g/mol. The topological polar surface area (TPSA) is 80.5 Å². The third kappa shape index (κ3) is 3.36. The molecule has 1 aromatic heterocycles. The van der Waals surface area contributed by atoms with Gasteiger partial charge in [0.05, 0.1) is 23.2 Å². The molecule has 110 valence electrons. The van der Waals surface area contributed by atoms with E-state index in [2.05, 4.69) is 10.3 Å². The van der Waals surface area contributed by atoms with E-state index >= 15 is 0 Å². The molecule has 2 rings (SSSR count). The summed E-state index contributed by atoms with van der Waals surface area (Å²) in [6, 6.07) is 3.00. The average Bonchev–Trinajstić information content (AvgIpc) is 2.93. The highest BCUT2D eigenvalue weighted by atomic mass is 16.6. The Morgan fingerprint density at radius 1 is 1.60 bits per heavy atom. The maximum atomic E-state index is 11.0. The van der Waals surface area contributed by atoms with Crippen molar-refractivity contribution in [2.45, 2.75) is 25.9 Å². The number of nitro groups is 1. The number of nitrogens with zero attached hydrogens (tertiary/aromatic N) is 3. The van der Waals surface area contributed by atoms with Gasteiger partial charge in [0.2, 0.25) is 0 Å². The summed E-state index contributed by atoms with van der Waals surface area (Å²) >= 11 is 0. The fraction of sp³-hybridized carbons (Fsp3) is 0.615. The Balaban J connectivity index is 2.22. The highest BCUT2D eigenvalue weighted by molar-refractivity contribution is 5.56. The molecule has 1 saturated heterocycles. The summed E-state index contributed by atoms with van der Waals surface area (Å²) in [6.07, 6.45) is 2.02. The van der Waals surface area contributed by atoms with Crippen LogP contribution >= 0.6 is 0 Å². The average molecular weight is 280 g/mol. The van der Waals surface area contributed by atoms with E-state index in [0.29, 0.717) is 11.6 Å². The summed E-state index contributed by atoms with van der Waals surface area (Å²) in [5, 5.41) is 14.1. The molecule has 0 aliphatic carbocycles. The first-order valence-corrected chi connectivity index (χ1v) is 6.82. The molecule has 7 nitrogen and oxygen atoms in total. The molecule has 1 unspecified atom stereocenters. The van der Waals surface area contributed by atoms with E-state index in [9.17, 15) is 10.1 Å². The fourth-order valence-corrected chi connectivity index (χ4v) is 2.24. The minimum atomic E-state index is -0.383. The van der Waals surface area contributed by atoms with Crippen LogP contribution in [-0.4, -0.2) is 42.8 Å². The van der Waals surface area contributed by atoms with Gasteiger partial charge in [-0.05, 0) is 12.8 Å². The van der Waals surface area contributed by atoms with Crippen molar-refractivity contribution < 1.29 is 9.66 Å². The van der Waals surface area contributed by atoms with Crippen LogP contribution in [0.4, 0.5) is 17.3 Å². The number of methoxy groups -OCH3 is 1. The van der Waals surface area contributed by atoms with Crippen molar-refractivity contribution >= 4 is 17.3 Å². The van der Waals surface area contributed by atoms with Crippen molar-refractivity contribution in [3.8, 4) is 0 Å². The van der Waals surface area contributed by atoms with Gasteiger partial charge in [0.25, 0.3) is 5.69 Å². The molecule has 0 saturated carbocycles. The van der Waals surface area contributed by atoms with E-state index in [4.69, 9.17) is 4.74 Å². The van der Waals surface area contributed by atoms with Crippen LogP contribution in [0.15, 0.2) is 12.1 Å². The second-order valence-corrected chi connectivity index (χ2v) is 4.85. The van der Waals surface area contributed by atoms with E-state index in [0.717, 1.165) is 32.5 Å². The zero-order valence-electron chi connectivity index (χ0n) is 11.8. The predicted octanol–water partition coefficient (Wildman–Crippen LogP) is 2.04. The Hall–Kier alpha value is -1.89. The molecule has 20 heavy (non-hydrogen) atoms. The van der Waals surface area contributed by atoms with Gasteiger partial charge in [-0.2, -0.15) is 0 Å². The maximum absolute atomic E-state index is 11.0. The molecule has 1 fully saturated rings. The molecule has 1 aliphatic heterocycles. The van der Waals surface area contributed by atoms with Crippen molar-refractivity contribution in [2.24, 2.45) is 0 Å². The number of nitrogens with one attached hydrogen (secondary N) is 1. The van der Waals surface area contributed by atoms with Crippen molar-refractivity contribution in [3.63, 3.8) is 0 Å². The fourth-order valence-electron chi connectivity index (χ4n) is 2.24. The normalized spacial score (nSPS) is 18.3. The van der Waals surface area contributed by atoms with Gasteiger partial charge >= 0.3 is 0 Å². The van der Waals surface area contributed by atoms with Crippen molar-refractivity contribution in [1.82, 2.24) is 4.98 Å².